The molecule has 100 valence electrons. The fraction of sp³-hybridized carbons (Fsp3) is 0.214. The summed E-state index contributed by atoms with van der Waals surface area (Å²) in [5.74, 6) is -0.454. The number of sulfone groups is 1. The molecule has 1 aromatic carbocycles. The van der Waals surface area contributed by atoms with Gasteiger partial charge in [0.2, 0.25) is 0 Å². The molecule has 0 saturated carbocycles. The van der Waals surface area contributed by atoms with Gasteiger partial charge in [0.15, 0.2) is 9.84 Å². The van der Waals surface area contributed by atoms with E-state index >= 15 is 0 Å². The number of allylic oxidation sites excluding steroid dienone is 2. The summed E-state index contributed by atoms with van der Waals surface area (Å²) in [5, 5.41) is 0. The van der Waals surface area contributed by atoms with Crippen molar-refractivity contribution in [3.05, 3.63) is 53.0 Å². The fourth-order valence-corrected chi connectivity index (χ4v) is 3.22. The van der Waals surface area contributed by atoms with E-state index in [-0.39, 0.29) is 17.2 Å². The Labute approximate surface area is 113 Å². The maximum atomic E-state index is 11.8. The minimum absolute atomic E-state index is 0.0136. The number of hydrogen-bond acceptors (Lipinski definition) is 3. The molecule has 0 N–H and O–H groups in total. The molecule has 0 atom stereocenters. The maximum Gasteiger partial charge on any atom is 0.265 e. The minimum Gasteiger partial charge on any atom is -0.340 e. The van der Waals surface area contributed by atoms with Gasteiger partial charge in [-0.1, -0.05) is 42.5 Å². The van der Waals surface area contributed by atoms with Gasteiger partial charge in [-0.2, -0.15) is 0 Å². The van der Waals surface area contributed by atoms with Crippen molar-refractivity contribution in [3.8, 4) is 0 Å². The Kier molecular flexibility index (Phi) is 3.85. The van der Waals surface area contributed by atoms with Crippen molar-refractivity contribution in [2.75, 3.05) is 19.3 Å². The van der Waals surface area contributed by atoms with E-state index < -0.39 is 15.7 Å². The summed E-state index contributed by atoms with van der Waals surface area (Å²) >= 11 is 0. The second kappa shape index (κ2) is 5.40. The maximum absolute atomic E-state index is 11.8. The van der Waals surface area contributed by atoms with Crippen LogP contribution in [0.1, 0.15) is 5.56 Å². The largest absolute Gasteiger partial charge is 0.340 e. The monoisotopic (exact) mass is 277 g/mol. The zero-order chi connectivity index (χ0) is 13.9. The first-order valence-corrected chi connectivity index (χ1v) is 7.57. The van der Waals surface area contributed by atoms with Gasteiger partial charge in [0.1, 0.15) is 4.91 Å². The highest BCUT2D eigenvalue weighted by Gasteiger charge is 2.32. The molecule has 0 aliphatic carbocycles. The second-order valence-electron chi connectivity index (χ2n) is 4.35. The zero-order valence-corrected chi connectivity index (χ0v) is 11.4. The van der Waals surface area contributed by atoms with Crippen LogP contribution in [-0.2, 0) is 14.6 Å². The number of amides is 1. The normalized spacial score (nSPS) is 21.2. The van der Waals surface area contributed by atoms with Crippen LogP contribution in [0.15, 0.2) is 47.4 Å². The number of carbonyl (C=O) groups excluding carboxylic acids is 1. The average Bonchev–Trinajstić information content (AvgIpc) is 2.40. The van der Waals surface area contributed by atoms with E-state index in [1.165, 1.54) is 11.0 Å². The van der Waals surface area contributed by atoms with Crippen LogP contribution in [0.25, 0.3) is 6.08 Å². The lowest BCUT2D eigenvalue weighted by Gasteiger charge is -2.23. The number of nitrogens with zero attached hydrogens (tertiary/aromatic N) is 1. The summed E-state index contributed by atoms with van der Waals surface area (Å²) in [7, 11) is -1.84. The number of carbonyl (C=O) groups is 1. The first-order valence-electron chi connectivity index (χ1n) is 5.92. The molecule has 0 aromatic heterocycles. The van der Waals surface area contributed by atoms with E-state index in [2.05, 4.69) is 0 Å². The van der Waals surface area contributed by atoms with E-state index in [0.717, 1.165) is 5.56 Å². The third-order valence-corrected chi connectivity index (χ3v) is 4.62. The van der Waals surface area contributed by atoms with Crippen molar-refractivity contribution in [1.82, 2.24) is 4.90 Å². The predicted octanol–water partition coefficient (Wildman–Crippen LogP) is 1.47. The van der Waals surface area contributed by atoms with Crippen LogP contribution < -0.4 is 0 Å². The van der Waals surface area contributed by atoms with Crippen LogP contribution in [0.2, 0.25) is 0 Å². The van der Waals surface area contributed by atoms with Crippen LogP contribution in [0.5, 0.6) is 0 Å². The molecule has 1 amide bonds. The molecule has 0 radical (unpaired) electrons. The second-order valence-corrected chi connectivity index (χ2v) is 6.42. The quantitative estimate of drug-likeness (QED) is 0.769. The zero-order valence-electron chi connectivity index (χ0n) is 10.6. The average molecular weight is 277 g/mol. The standard InChI is InChI=1S/C14H15NO3S/c1-15-10-11-19(17,18)13(14(15)16)9-5-8-12-6-3-2-4-7-12/h2-9H,10-11H2,1H3/b8-5+,13-9+. The number of rotatable bonds is 2. The van der Waals surface area contributed by atoms with Crippen molar-refractivity contribution >= 4 is 21.8 Å². The molecular weight excluding hydrogens is 262 g/mol. The summed E-state index contributed by atoms with van der Waals surface area (Å²) in [6.45, 7) is 0.251. The third kappa shape index (κ3) is 3.12. The van der Waals surface area contributed by atoms with E-state index in [4.69, 9.17) is 0 Å². The van der Waals surface area contributed by atoms with Gasteiger partial charge in [0.25, 0.3) is 5.91 Å². The number of hydrogen-bond donors (Lipinski definition) is 0. The highest BCUT2D eigenvalue weighted by atomic mass is 32.2. The number of benzene rings is 1. The lowest BCUT2D eigenvalue weighted by molar-refractivity contribution is -0.125. The lowest BCUT2D eigenvalue weighted by Crippen LogP contribution is -2.40. The summed E-state index contributed by atoms with van der Waals surface area (Å²) in [6.07, 6.45) is 4.74. The Hall–Kier alpha value is -1.88. The molecule has 0 bridgehead atoms. The highest BCUT2D eigenvalue weighted by Crippen LogP contribution is 2.17. The van der Waals surface area contributed by atoms with E-state index in [9.17, 15) is 13.2 Å². The van der Waals surface area contributed by atoms with Crippen molar-refractivity contribution in [2.24, 2.45) is 0 Å². The number of likely N-dealkylation sites (N-methyl/N-ethyl adjacent to an activating group) is 1. The predicted molar refractivity (Wildman–Crippen MR) is 75.0 cm³/mol. The van der Waals surface area contributed by atoms with Gasteiger partial charge in [-0.25, -0.2) is 8.42 Å². The van der Waals surface area contributed by atoms with Crippen LogP contribution in [0, 0.1) is 0 Å². The SMILES string of the molecule is CN1CCS(=O)(=O)/C(=C/C=C/c2ccccc2)C1=O. The molecule has 1 aliphatic heterocycles. The summed E-state index contributed by atoms with van der Waals surface area (Å²) < 4.78 is 23.7. The molecule has 4 nitrogen and oxygen atoms in total. The Bertz CT molecular complexity index is 630. The summed E-state index contributed by atoms with van der Waals surface area (Å²) in [5.41, 5.74) is 0.952. The van der Waals surface area contributed by atoms with Crippen molar-refractivity contribution < 1.29 is 13.2 Å². The lowest BCUT2D eigenvalue weighted by atomic mass is 10.2. The van der Waals surface area contributed by atoms with Gasteiger partial charge >= 0.3 is 0 Å². The van der Waals surface area contributed by atoms with Gasteiger partial charge in [0.05, 0.1) is 5.75 Å². The molecular formula is C14H15NO3S. The summed E-state index contributed by atoms with van der Waals surface area (Å²) in [4.78, 5) is 13.1. The molecule has 1 saturated heterocycles. The Morgan fingerprint density at radius 3 is 2.58 bits per heavy atom. The fourth-order valence-electron chi connectivity index (χ4n) is 1.78. The third-order valence-electron chi connectivity index (χ3n) is 2.92. The molecule has 1 heterocycles. The molecule has 2 rings (SSSR count). The van der Waals surface area contributed by atoms with E-state index in [0.29, 0.717) is 0 Å². The Morgan fingerprint density at radius 1 is 1.21 bits per heavy atom. The molecule has 0 spiro atoms. The Balaban J connectivity index is 2.26. The van der Waals surface area contributed by atoms with Crippen LogP contribution >= 0.6 is 0 Å². The van der Waals surface area contributed by atoms with Crippen molar-refractivity contribution in [3.63, 3.8) is 0 Å². The van der Waals surface area contributed by atoms with Crippen molar-refractivity contribution in [2.45, 2.75) is 0 Å². The minimum atomic E-state index is -3.44. The van der Waals surface area contributed by atoms with E-state index in [1.807, 2.05) is 30.3 Å². The van der Waals surface area contributed by atoms with Gasteiger partial charge in [-0.3, -0.25) is 4.79 Å². The first-order chi connectivity index (χ1) is 9.00. The van der Waals surface area contributed by atoms with Crippen LogP contribution in [-0.4, -0.2) is 38.6 Å². The van der Waals surface area contributed by atoms with Crippen LogP contribution in [0.3, 0.4) is 0 Å². The van der Waals surface area contributed by atoms with Crippen molar-refractivity contribution in [1.29, 1.82) is 0 Å². The van der Waals surface area contributed by atoms with Gasteiger partial charge in [0, 0.05) is 13.6 Å². The Morgan fingerprint density at radius 2 is 1.89 bits per heavy atom. The van der Waals surface area contributed by atoms with E-state index in [1.54, 1.807) is 19.2 Å². The highest BCUT2D eigenvalue weighted by molar-refractivity contribution is 7.96. The topological polar surface area (TPSA) is 54.5 Å². The molecule has 19 heavy (non-hydrogen) atoms. The molecule has 0 unspecified atom stereocenters. The smallest absolute Gasteiger partial charge is 0.265 e. The molecule has 5 heteroatoms. The first kappa shape index (κ1) is 13.5. The molecule has 1 aromatic rings. The molecule has 1 aliphatic rings. The van der Waals surface area contributed by atoms with Gasteiger partial charge < -0.3 is 4.90 Å². The van der Waals surface area contributed by atoms with Gasteiger partial charge in [-0.05, 0) is 11.6 Å². The van der Waals surface area contributed by atoms with Crippen LogP contribution in [0.4, 0.5) is 0 Å². The molecule has 1 fully saturated rings. The summed E-state index contributed by atoms with van der Waals surface area (Å²) in [6, 6.07) is 9.49. The van der Waals surface area contributed by atoms with Gasteiger partial charge in [-0.15, -0.1) is 0 Å².